The normalized spacial score (nSPS) is 11.5. The van der Waals surface area contributed by atoms with Gasteiger partial charge in [0.15, 0.2) is 0 Å². The van der Waals surface area contributed by atoms with Crippen molar-refractivity contribution in [2.45, 2.75) is 4.90 Å². The molecule has 2 amide bonds. The minimum atomic E-state index is -1.03. The van der Waals surface area contributed by atoms with Gasteiger partial charge in [-0.2, -0.15) is 0 Å². The number of aliphatic hydroxyl groups is 1. The highest BCUT2D eigenvalue weighted by molar-refractivity contribution is 7.84. The second-order valence-corrected chi connectivity index (χ2v) is 12.2. The lowest BCUT2D eigenvalue weighted by molar-refractivity contribution is 0.101. The van der Waals surface area contributed by atoms with E-state index in [-0.39, 0.29) is 17.6 Å². The molecule has 0 aliphatic rings. The number of carbonyl (C=O) groups is 2. The van der Waals surface area contributed by atoms with Gasteiger partial charge in [-0.3, -0.25) is 13.8 Å². The standard InChI is InChI=1S/C39H30N2O4S/c1-25(42)34-23-24-37(36-6-4-3-5-35(34)36)41-39(44)31-13-9-26(10-14-31)28-15-19-32(20-16-28)40-38(43)30-11-7-27(8-12-30)29-17-21-33(22-18-29)46(2)45/h3-24,42H,1H2,2H3,(H,40,43)(H,41,44). The van der Waals surface area contributed by atoms with Crippen LogP contribution in [-0.4, -0.2) is 27.4 Å². The van der Waals surface area contributed by atoms with Crippen LogP contribution in [0.5, 0.6) is 0 Å². The van der Waals surface area contributed by atoms with Crippen LogP contribution in [0.1, 0.15) is 26.3 Å². The van der Waals surface area contributed by atoms with Crippen LogP contribution in [0.3, 0.4) is 0 Å². The molecule has 6 nitrogen and oxygen atoms in total. The van der Waals surface area contributed by atoms with Gasteiger partial charge in [-0.15, -0.1) is 0 Å². The molecule has 0 saturated carbocycles. The number of benzene rings is 6. The summed E-state index contributed by atoms with van der Waals surface area (Å²) in [4.78, 5) is 26.7. The number of amides is 2. The first-order chi connectivity index (χ1) is 22.3. The molecule has 0 aliphatic heterocycles. The van der Waals surface area contributed by atoms with Crippen molar-refractivity contribution in [2.24, 2.45) is 0 Å². The highest BCUT2D eigenvalue weighted by atomic mass is 32.2. The van der Waals surface area contributed by atoms with E-state index >= 15 is 0 Å². The Morgan fingerprint density at radius 1 is 0.587 bits per heavy atom. The molecule has 1 unspecified atom stereocenters. The number of carbonyl (C=O) groups excluding carboxylic acids is 2. The van der Waals surface area contributed by atoms with Crippen LogP contribution in [0.15, 0.2) is 145 Å². The fourth-order valence-electron chi connectivity index (χ4n) is 5.27. The zero-order valence-electron chi connectivity index (χ0n) is 25.0. The third kappa shape index (κ3) is 6.50. The quantitative estimate of drug-likeness (QED) is 0.148. The lowest BCUT2D eigenvalue weighted by Gasteiger charge is -2.12. The van der Waals surface area contributed by atoms with Crippen molar-refractivity contribution in [3.63, 3.8) is 0 Å². The Balaban J connectivity index is 1.09. The highest BCUT2D eigenvalue weighted by Crippen LogP contribution is 2.30. The molecule has 0 bridgehead atoms. The van der Waals surface area contributed by atoms with Crippen LogP contribution in [-0.2, 0) is 10.8 Å². The Morgan fingerprint density at radius 2 is 1.04 bits per heavy atom. The third-order valence-electron chi connectivity index (χ3n) is 7.77. The monoisotopic (exact) mass is 622 g/mol. The lowest BCUT2D eigenvalue weighted by atomic mass is 10.0. The molecule has 7 heteroatoms. The summed E-state index contributed by atoms with van der Waals surface area (Å²) >= 11 is 0. The van der Waals surface area contributed by atoms with Gasteiger partial charge in [0.05, 0.1) is 0 Å². The van der Waals surface area contributed by atoms with E-state index in [4.69, 9.17) is 0 Å². The molecule has 0 heterocycles. The maximum atomic E-state index is 13.1. The smallest absolute Gasteiger partial charge is 0.255 e. The van der Waals surface area contributed by atoms with Crippen LogP contribution in [0.2, 0.25) is 0 Å². The summed E-state index contributed by atoms with van der Waals surface area (Å²) in [6.07, 6.45) is 1.65. The number of hydrogen-bond acceptors (Lipinski definition) is 4. The van der Waals surface area contributed by atoms with Gasteiger partial charge in [0.2, 0.25) is 0 Å². The molecule has 46 heavy (non-hydrogen) atoms. The summed E-state index contributed by atoms with van der Waals surface area (Å²) in [6, 6.07) is 40.8. The Hall–Kier alpha value is -5.79. The molecule has 3 N–H and O–H groups in total. The second kappa shape index (κ2) is 13.1. The van der Waals surface area contributed by atoms with E-state index in [9.17, 15) is 18.9 Å². The maximum Gasteiger partial charge on any atom is 0.255 e. The van der Waals surface area contributed by atoms with Gasteiger partial charge in [0.1, 0.15) is 5.76 Å². The van der Waals surface area contributed by atoms with E-state index in [2.05, 4.69) is 17.2 Å². The van der Waals surface area contributed by atoms with Crippen LogP contribution in [0.25, 0.3) is 38.8 Å². The van der Waals surface area contributed by atoms with E-state index in [0.29, 0.717) is 28.1 Å². The van der Waals surface area contributed by atoms with Gasteiger partial charge in [0, 0.05) is 55.4 Å². The van der Waals surface area contributed by atoms with Gasteiger partial charge < -0.3 is 15.7 Å². The van der Waals surface area contributed by atoms with Crippen molar-refractivity contribution < 1.29 is 18.9 Å². The number of fused-ring (bicyclic) bond motifs is 1. The minimum Gasteiger partial charge on any atom is -0.508 e. The molecule has 6 rings (SSSR count). The van der Waals surface area contributed by atoms with Crippen molar-refractivity contribution in [3.05, 3.63) is 157 Å². The second-order valence-electron chi connectivity index (χ2n) is 10.8. The Labute approximate surface area is 269 Å². The van der Waals surface area contributed by atoms with Gasteiger partial charge in [0.25, 0.3) is 11.8 Å². The molecular weight excluding hydrogens is 593 g/mol. The van der Waals surface area contributed by atoms with Crippen molar-refractivity contribution in [3.8, 4) is 22.3 Å². The number of anilines is 2. The van der Waals surface area contributed by atoms with Gasteiger partial charge >= 0.3 is 0 Å². The average molecular weight is 623 g/mol. The summed E-state index contributed by atoms with van der Waals surface area (Å²) in [5.41, 5.74) is 6.80. The maximum absolute atomic E-state index is 13.1. The molecule has 6 aromatic carbocycles. The first-order valence-corrected chi connectivity index (χ1v) is 16.1. The van der Waals surface area contributed by atoms with Crippen LogP contribution >= 0.6 is 0 Å². The number of hydrogen-bond donors (Lipinski definition) is 3. The summed E-state index contributed by atoms with van der Waals surface area (Å²) in [7, 11) is -1.03. The fraction of sp³-hybridized carbons (Fsp3) is 0.0256. The van der Waals surface area contributed by atoms with Crippen molar-refractivity contribution in [1.29, 1.82) is 0 Å². The fourth-order valence-corrected chi connectivity index (χ4v) is 5.79. The van der Waals surface area contributed by atoms with Crippen molar-refractivity contribution >= 4 is 50.5 Å². The minimum absolute atomic E-state index is 0.0261. The molecule has 6 aromatic rings. The first kappa shape index (κ1) is 30.2. The van der Waals surface area contributed by atoms with Gasteiger partial charge in [-0.1, -0.05) is 79.4 Å². The molecule has 0 spiro atoms. The predicted octanol–water partition coefficient (Wildman–Crippen LogP) is 8.94. The summed E-state index contributed by atoms with van der Waals surface area (Å²) in [6.45, 7) is 3.64. The number of aliphatic hydroxyl groups excluding tert-OH is 1. The average Bonchev–Trinajstić information content (AvgIpc) is 3.09. The molecular formula is C39H30N2O4S. The Morgan fingerprint density at radius 3 is 1.54 bits per heavy atom. The lowest BCUT2D eigenvalue weighted by Crippen LogP contribution is -2.12. The topological polar surface area (TPSA) is 95.5 Å². The first-order valence-electron chi connectivity index (χ1n) is 14.5. The van der Waals surface area contributed by atoms with Crippen LogP contribution in [0, 0.1) is 0 Å². The summed E-state index contributed by atoms with van der Waals surface area (Å²) in [5, 5.41) is 17.5. The molecule has 0 aromatic heterocycles. The third-order valence-corrected chi connectivity index (χ3v) is 8.71. The Bertz CT molecular complexity index is 2100. The zero-order valence-corrected chi connectivity index (χ0v) is 25.8. The SMILES string of the molecule is C=C(O)c1ccc(NC(=O)c2ccc(-c3ccc(NC(=O)c4ccc(-c5ccc(S(C)=O)cc5)cc4)cc3)cc2)c2ccccc12. The van der Waals surface area contributed by atoms with Crippen LogP contribution in [0.4, 0.5) is 11.4 Å². The van der Waals surface area contributed by atoms with Crippen molar-refractivity contribution in [1.82, 2.24) is 0 Å². The largest absolute Gasteiger partial charge is 0.508 e. The predicted molar refractivity (Wildman–Crippen MR) is 188 cm³/mol. The molecule has 1 atom stereocenters. The molecule has 0 fully saturated rings. The van der Waals surface area contributed by atoms with Crippen LogP contribution < -0.4 is 10.6 Å². The highest BCUT2D eigenvalue weighted by Gasteiger charge is 2.13. The van der Waals surface area contributed by atoms with E-state index in [0.717, 1.165) is 37.9 Å². The molecule has 0 aliphatic carbocycles. The van der Waals surface area contributed by atoms with Crippen molar-refractivity contribution in [2.75, 3.05) is 16.9 Å². The van der Waals surface area contributed by atoms with Gasteiger partial charge in [-0.25, -0.2) is 0 Å². The van der Waals surface area contributed by atoms with E-state index < -0.39 is 10.8 Å². The number of nitrogens with one attached hydrogen (secondary N) is 2. The molecule has 0 radical (unpaired) electrons. The summed E-state index contributed by atoms with van der Waals surface area (Å²) in [5.74, 6) is -0.484. The molecule has 226 valence electrons. The zero-order chi connectivity index (χ0) is 32.2. The van der Waals surface area contributed by atoms with Gasteiger partial charge in [-0.05, 0) is 88.3 Å². The molecule has 0 saturated heterocycles. The number of rotatable bonds is 8. The van der Waals surface area contributed by atoms with E-state index in [1.165, 1.54) is 0 Å². The van der Waals surface area contributed by atoms with E-state index in [1.54, 1.807) is 42.7 Å². The summed E-state index contributed by atoms with van der Waals surface area (Å²) < 4.78 is 11.6. The Kier molecular flexibility index (Phi) is 8.59. The van der Waals surface area contributed by atoms with E-state index in [1.807, 2.05) is 97.1 Å².